The highest BCUT2D eigenvalue weighted by molar-refractivity contribution is 7.90. The number of benzene rings is 1. The minimum Gasteiger partial charge on any atom is -0.352 e. The van der Waals surface area contributed by atoms with Crippen LogP contribution >= 0.6 is 0 Å². The quantitative estimate of drug-likeness (QED) is 0.646. The lowest BCUT2D eigenvalue weighted by atomic mass is 10.0. The molecule has 0 spiro atoms. The average Bonchev–Trinajstić information content (AvgIpc) is 3.50. The molecule has 2 aliphatic heterocycles. The van der Waals surface area contributed by atoms with E-state index in [1.807, 2.05) is 13.8 Å². The molecule has 4 rings (SSSR count). The van der Waals surface area contributed by atoms with Gasteiger partial charge in [-0.1, -0.05) is 26.0 Å². The number of aliphatic imine (C=N–C) groups is 1. The van der Waals surface area contributed by atoms with Crippen molar-refractivity contribution in [1.82, 2.24) is 19.8 Å². The number of sulfonamides is 1. The highest BCUT2D eigenvalue weighted by Crippen LogP contribution is 2.24. The van der Waals surface area contributed by atoms with E-state index in [-0.39, 0.29) is 28.5 Å². The first-order valence-corrected chi connectivity index (χ1v) is 12.2. The molecule has 1 atom stereocenters. The number of fused-ring (bicyclic) bond motifs is 1. The predicted molar refractivity (Wildman–Crippen MR) is 116 cm³/mol. The van der Waals surface area contributed by atoms with E-state index in [1.165, 1.54) is 6.07 Å². The van der Waals surface area contributed by atoms with E-state index in [1.54, 1.807) is 23.1 Å². The second-order valence-corrected chi connectivity index (χ2v) is 10.4. The average molecular weight is 448 g/mol. The third kappa shape index (κ3) is 4.90. The molecule has 1 aromatic rings. The first-order chi connectivity index (χ1) is 14.7. The van der Waals surface area contributed by atoms with Crippen molar-refractivity contribution in [3.63, 3.8) is 0 Å². The zero-order valence-electron chi connectivity index (χ0n) is 17.9. The van der Waals surface area contributed by atoms with Crippen LogP contribution in [0.3, 0.4) is 0 Å². The lowest BCUT2D eigenvalue weighted by Gasteiger charge is -2.36. The first-order valence-electron chi connectivity index (χ1n) is 10.7. The Morgan fingerprint density at radius 2 is 1.84 bits per heavy atom. The van der Waals surface area contributed by atoms with Crippen LogP contribution in [0.5, 0.6) is 0 Å². The molecule has 0 unspecified atom stereocenters. The molecule has 1 aromatic carbocycles. The summed E-state index contributed by atoms with van der Waals surface area (Å²) in [6.45, 7) is 6.45. The molecule has 0 radical (unpaired) electrons. The van der Waals surface area contributed by atoms with Gasteiger partial charge in [-0.05, 0) is 30.9 Å². The Bertz CT molecular complexity index is 995. The number of nitrogens with zero attached hydrogens (tertiary/aromatic N) is 3. The molecule has 1 saturated heterocycles. The summed E-state index contributed by atoms with van der Waals surface area (Å²) in [6, 6.07) is 6.30. The summed E-state index contributed by atoms with van der Waals surface area (Å²) in [5, 5.41) is 2.99. The van der Waals surface area contributed by atoms with Gasteiger partial charge >= 0.3 is 0 Å². The van der Waals surface area contributed by atoms with Crippen molar-refractivity contribution < 1.29 is 18.0 Å². The third-order valence-electron chi connectivity index (χ3n) is 5.81. The number of rotatable bonds is 6. The van der Waals surface area contributed by atoms with E-state index < -0.39 is 16.1 Å². The lowest BCUT2D eigenvalue weighted by molar-refractivity contribution is -0.135. The molecule has 0 bridgehead atoms. The van der Waals surface area contributed by atoms with E-state index in [9.17, 15) is 18.0 Å². The van der Waals surface area contributed by atoms with Crippen molar-refractivity contribution in [3.05, 3.63) is 29.8 Å². The van der Waals surface area contributed by atoms with E-state index in [0.29, 0.717) is 44.3 Å². The van der Waals surface area contributed by atoms with Crippen LogP contribution in [-0.4, -0.2) is 80.7 Å². The van der Waals surface area contributed by atoms with E-state index in [4.69, 9.17) is 0 Å². The van der Waals surface area contributed by atoms with Gasteiger partial charge in [0.15, 0.2) is 0 Å². The molecule has 10 heteroatoms. The molecule has 2 amide bonds. The maximum atomic E-state index is 13.2. The number of hydrogen-bond donors (Lipinski definition) is 2. The largest absolute Gasteiger partial charge is 0.352 e. The summed E-state index contributed by atoms with van der Waals surface area (Å²) in [7, 11) is -3.65. The van der Waals surface area contributed by atoms with Gasteiger partial charge in [0.2, 0.25) is 11.8 Å². The van der Waals surface area contributed by atoms with E-state index in [2.05, 4.69) is 19.9 Å². The molecule has 2 heterocycles. The SMILES string of the molecule is CC(C)[C@H](N=C1NS(=O)(=O)c2ccccc21)C(=O)N1CCN(CC(=O)NC2CC2)CC1. The van der Waals surface area contributed by atoms with Crippen molar-refractivity contribution in [1.29, 1.82) is 0 Å². The first kappa shape index (κ1) is 21.8. The number of hydrogen-bond acceptors (Lipinski definition) is 6. The summed E-state index contributed by atoms with van der Waals surface area (Å²) in [6.07, 6.45) is 2.13. The van der Waals surface area contributed by atoms with Crippen LogP contribution in [0.25, 0.3) is 0 Å². The molecule has 2 N–H and O–H groups in total. The monoisotopic (exact) mass is 447 g/mol. The fourth-order valence-corrected chi connectivity index (χ4v) is 5.11. The summed E-state index contributed by atoms with van der Waals surface area (Å²) in [4.78, 5) is 33.8. The molecule has 168 valence electrons. The minimum absolute atomic E-state index is 0.0425. The Morgan fingerprint density at radius 1 is 1.16 bits per heavy atom. The molecule has 2 fully saturated rings. The molecule has 9 nitrogen and oxygen atoms in total. The number of carbonyl (C=O) groups excluding carboxylic acids is 2. The summed E-state index contributed by atoms with van der Waals surface area (Å²) < 4.78 is 27.2. The topological polar surface area (TPSA) is 111 Å². The van der Waals surface area contributed by atoms with Crippen LogP contribution < -0.4 is 10.0 Å². The predicted octanol–water partition coefficient (Wildman–Crippen LogP) is 0.173. The van der Waals surface area contributed by atoms with Crippen LogP contribution in [0.15, 0.2) is 34.2 Å². The van der Waals surface area contributed by atoms with Crippen LogP contribution in [-0.2, 0) is 19.6 Å². The van der Waals surface area contributed by atoms with Gasteiger partial charge in [-0.15, -0.1) is 0 Å². The van der Waals surface area contributed by atoms with Crippen LogP contribution in [0, 0.1) is 5.92 Å². The van der Waals surface area contributed by atoms with Gasteiger partial charge in [0.05, 0.1) is 11.4 Å². The van der Waals surface area contributed by atoms with Crippen molar-refractivity contribution in [2.24, 2.45) is 10.9 Å². The van der Waals surface area contributed by atoms with Crippen LogP contribution in [0.1, 0.15) is 32.3 Å². The van der Waals surface area contributed by atoms with Gasteiger partial charge in [0.25, 0.3) is 10.0 Å². The number of carbonyl (C=O) groups is 2. The normalized spacial score (nSPS) is 22.8. The Morgan fingerprint density at radius 3 is 2.48 bits per heavy atom. The van der Waals surface area contributed by atoms with Gasteiger partial charge in [-0.25, -0.2) is 8.42 Å². The maximum absolute atomic E-state index is 13.2. The summed E-state index contributed by atoms with van der Waals surface area (Å²) in [5.74, 6) is 0.0479. The van der Waals surface area contributed by atoms with Crippen molar-refractivity contribution >= 4 is 27.7 Å². The van der Waals surface area contributed by atoms with Gasteiger partial charge in [0, 0.05) is 37.8 Å². The van der Waals surface area contributed by atoms with Crippen LogP contribution in [0.2, 0.25) is 0 Å². The number of piperazine rings is 1. The van der Waals surface area contributed by atoms with Crippen molar-refractivity contribution in [2.75, 3.05) is 32.7 Å². The zero-order chi connectivity index (χ0) is 22.2. The van der Waals surface area contributed by atoms with E-state index >= 15 is 0 Å². The zero-order valence-corrected chi connectivity index (χ0v) is 18.7. The standard InChI is InChI=1S/C21H29N5O4S/c1-14(2)19(23-20-16-5-3-4-6-17(16)31(29,30)24-20)21(28)26-11-9-25(10-12-26)13-18(27)22-15-7-8-15/h3-6,14-15,19H,7-13H2,1-2H3,(H,22,27)(H,23,24)/t19-/m0/s1. The van der Waals surface area contributed by atoms with Crippen molar-refractivity contribution in [2.45, 2.75) is 43.7 Å². The summed E-state index contributed by atoms with van der Waals surface area (Å²) >= 11 is 0. The van der Waals surface area contributed by atoms with Gasteiger partial charge in [0.1, 0.15) is 11.9 Å². The Labute approximate surface area is 182 Å². The molecule has 1 aliphatic carbocycles. The molecule has 1 saturated carbocycles. The molecular weight excluding hydrogens is 418 g/mol. The Hall–Kier alpha value is -2.46. The van der Waals surface area contributed by atoms with Gasteiger partial charge in [-0.3, -0.25) is 24.2 Å². The Balaban J connectivity index is 1.42. The Kier molecular flexibility index (Phi) is 6.02. The number of amidine groups is 1. The maximum Gasteiger partial charge on any atom is 0.263 e. The molecule has 31 heavy (non-hydrogen) atoms. The molecular formula is C21H29N5O4S. The summed E-state index contributed by atoms with van der Waals surface area (Å²) in [5.41, 5.74) is 0.493. The minimum atomic E-state index is -3.65. The van der Waals surface area contributed by atoms with Gasteiger partial charge in [-0.2, -0.15) is 0 Å². The third-order valence-corrected chi connectivity index (χ3v) is 7.21. The number of amides is 2. The van der Waals surface area contributed by atoms with Gasteiger partial charge < -0.3 is 10.2 Å². The fraction of sp³-hybridized carbons (Fsp3) is 0.571. The molecule has 0 aromatic heterocycles. The highest BCUT2D eigenvalue weighted by atomic mass is 32.2. The van der Waals surface area contributed by atoms with Crippen LogP contribution in [0.4, 0.5) is 0 Å². The lowest BCUT2D eigenvalue weighted by Crippen LogP contribution is -2.53. The van der Waals surface area contributed by atoms with E-state index in [0.717, 1.165) is 12.8 Å². The molecule has 3 aliphatic rings. The second-order valence-electron chi connectivity index (χ2n) is 8.71. The second kappa shape index (κ2) is 8.58. The fourth-order valence-electron chi connectivity index (χ4n) is 3.88. The smallest absolute Gasteiger partial charge is 0.263 e. The highest BCUT2D eigenvalue weighted by Gasteiger charge is 2.35. The van der Waals surface area contributed by atoms with Crippen molar-refractivity contribution in [3.8, 4) is 0 Å². The number of nitrogens with one attached hydrogen (secondary N) is 2.